The van der Waals surface area contributed by atoms with Gasteiger partial charge < -0.3 is 30.5 Å². The fourth-order valence-corrected chi connectivity index (χ4v) is 5.18. The number of methoxy groups -OCH3 is 1. The Morgan fingerprint density at radius 3 is 2.53 bits per heavy atom. The van der Waals surface area contributed by atoms with Gasteiger partial charge in [0.15, 0.2) is 0 Å². The molecule has 2 aliphatic rings. The molecule has 0 bridgehead atoms. The Bertz CT molecular complexity index is 1110. The molecule has 194 valence electrons. The lowest BCUT2D eigenvalue weighted by Crippen LogP contribution is -2.47. The fraction of sp³-hybridized carbons (Fsp3) is 0.500. The lowest BCUT2D eigenvalue weighted by molar-refractivity contribution is -0.121. The number of hydrogen-bond acceptors (Lipinski definition) is 5. The first-order chi connectivity index (χ1) is 17.2. The van der Waals surface area contributed by atoms with Crippen molar-refractivity contribution in [3.63, 3.8) is 0 Å². The number of hydrogen-bond donors (Lipinski definition) is 3. The molecule has 0 atom stereocenters. The number of anilines is 3. The molecule has 2 aromatic rings. The van der Waals surface area contributed by atoms with E-state index in [9.17, 15) is 9.59 Å². The molecule has 1 fully saturated rings. The molecule has 2 aromatic carbocycles. The van der Waals surface area contributed by atoms with Gasteiger partial charge in [-0.1, -0.05) is 6.07 Å². The standard InChI is InChI=1S/C28H39N5O3/c1-18-6-9-21(16-26(18)36-5)30-27(34)20-7-10-23(11-8-20)33-17-24-19(2)14-22(29-12-13-32(3)4)15-25(24)31-28(33)35/h6,9,14-16,20,23,29H,7-8,10-13,17H2,1-5H3,(H,30,34)(H,31,35). The van der Waals surface area contributed by atoms with Crippen molar-refractivity contribution in [3.8, 4) is 5.75 Å². The minimum Gasteiger partial charge on any atom is -0.496 e. The van der Waals surface area contributed by atoms with E-state index in [4.69, 9.17) is 4.74 Å². The van der Waals surface area contributed by atoms with Crippen LogP contribution in [0.25, 0.3) is 0 Å². The summed E-state index contributed by atoms with van der Waals surface area (Å²) in [4.78, 5) is 30.0. The van der Waals surface area contributed by atoms with Crippen LogP contribution in [0.15, 0.2) is 30.3 Å². The van der Waals surface area contributed by atoms with Gasteiger partial charge in [-0.25, -0.2) is 4.79 Å². The Morgan fingerprint density at radius 2 is 1.83 bits per heavy atom. The monoisotopic (exact) mass is 493 g/mol. The van der Waals surface area contributed by atoms with E-state index in [1.165, 1.54) is 11.1 Å². The highest BCUT2D eigenvalue weighted by molar-refractivity contribution is 5.94. The molecule has 0 spiro atoms. The van der Waals surface area contributed by atoms with E-state index in [2.05, 4.69) is 47.9 Å². The van der Waals surface area contributed by atoms with E-state index in [-0.39, 0.29) is 23.9 Å². The first-order valence-electron chi connectivity index (χ1n) is 12.8. The van der Waals surface area contributed by atoms with Crippen LogP contribution >= 0.6 is 0 Å². The normalized spacial score (nSPS) is 19.5. The third kappa shape index (κ3) is 5.93. The van der Waals surface area contributed by atoms with E-state index in [0.29, 0.717) is 6.54 Å². The molecule has 8 heteroatoms. The highest BCUT2D eigenvalue weighted by Crippen LogP contribution is 2.35. The number of nitrogens with zero attached hydrogens (tertiary/aromatic N) is 2. The zero-order valence-electron chi connectivity index (χ0n) is 22.1. The molecule has 4 rings (SSSR count). The maximum absolute atomic E-state index is 13.0. The summed E-state index contributed by atoms with van der Waals surface area (Å²) in [5.74, 6) is 0.754. The first kappa shape index (κ1) is 25.8. The number of amides is 3. The molecule has 1 heterocycles. The maximum atomic E-state index is 13.0. The predicted molar refractivity (Wildman–Crippen MR) is 145 cm³/mol. The van der Waals surface area contributed by atoms with Gasteiger partial charge in [-0.2, -0.15) is 0 Å². The van der Waals surface area contributed by atoms with Crippen molar-refractivity contribution in [3.05, 3.63) is 47.0 Å². The number of carbonyl (C=O) groups excluding carboxylic acids is 2. The summed E-state index contributed by atoms with van der Waals surface area (Å²) in [5.41, 5.74) is 6.05. The summed E-state index contributed by atoms with van der Waals surface area (Å²) in [5, 5.41) is 9.60. The summed E-state index contributed by atoms with van der Waals surface area (Å²) in [6, 6.07) is 10.00. The van der Waals surface area contributed by atoms with E-state index in [0.717, 1.165) is 67.1 Å². The number of benzene rings is 2. The molecular formula is C28H39N5O3. The quantitative estimate of drug-likeness (QED) is 0.490. The molecule has 0 radical (unpaired) electrons. The van der Waals surface area contributed by atoms with Crippen LogP contribution in [0.5, 0.6) is 5.75 Å². The van der Waals surface area contributed by atoms with Gasteiger partial charge in [0.2, 0.25) is 5.91 Å². The molecule has 1 aliphatic carbocycles. The van der Waals surface area contributed by atoms with Gasteiger partial charge in [0, 0.05) is 48.2 Å². The summed E-state index contributed by atoms with van der Waals surface area (Å²) in [7, 11) is 5.74. The molecule has 1 saturated carbocycles. The minimum atomic E-state index is -0.0498. The number of likely N-dealkylation sites (N-methyl/N-ethyl adjacent to an activating group) is 1. The van der Waals surface area contributed by atoms with E-state index in [1.54, 1.807) is 7.11 Å². The van der Waals surface area contributed by atoms with Crippen molar-refractivity contribution < 1.29 is 14.3 Å². The van der Waals surface area contributed by atoms with Gasteiger partial charge in [-0.05, 0) is 88.5 Å². The van der Waals surface area contributed by atoms with Crippen molar-refractivity contribution in [2.45, 2.75) is 52.1 Å². The maximum Gasteiger partial charge on any atom is 0.322 e. The second-order valence-electron chi connectivity index (χ2n) is 10.3. The van der Waals surface area contributed by atoms with E-state index < -0.39 is 0 Å². The van der Waals surface area contributed by atoms with Crippen LogP contribution in [0.4, 0.5) is 21.9 Å². The minimum absolute atomic E-state index is 0.0398. The Morgan fingerprint density at radius 1 is 1.08 bits per heavy atom. The highest BCUT2D eigenvalue weighted by Gasteiger charge is 2.34. The summed E-state index contributed by atoms with van der Waals surface area (Å²) in [6.07, 6.45) is 3.18. The molecule has 3 N–H and O–H groups in total. The number of ether oxygens (including phenoxy) is 1. The molecule has 3 amide bonds. The zero-order chi connectivity index (χ0) is 25.8. The molecule has 8 nitrogen and oxygen atoms in total. The number of urea groups is 1. The molecule has 36 heavy (non-hydrogen) atoms. The molecule has 0 saturated heterocycles. The summed E-state index contributed by atoms with van der Waals surface area (Å²) >= 11 is 0. The van der Waals surface area contributed by atoms with Gasteiger partial charge in [0.05, 0.1) is 13.7 Å². The van der Waals surface area contributed by atoms with Crippen LogP contribution < -0.4 is 20.7 Å². The van der Waals surface area contributed by atoms with Crippen LogP contribution in [-0.4, -0.2) is 62.1 Å². The average Bonchev–Trinajstić information content (AvgIpc) is 2.84. The molecule has 0 unspecified atom stereocenters. The largest absolute Gasteiger partial charge is 0.496 e. The lowest BCUT2D eigenvalue weighted by atomic mass is 9.84. The number of rotatable bonds is 8. The van der Waals surface area contributed by atoms with Gasteiger partial charge in [0.25, 0.3) is 0 Å². The smallest absolute Gasteiger partial charge is 0.322 e. The van der Waals surface area contributed by atoms with Crippen LogP contribution in [0.2, 0.25) is 0 Å². The average molecular weight is 494 g/mol. The molecule has 0 aromatic heterocycles. The van der Waals surface area contributed by atoms with Crippen LogP contribution in [0, 0.1) is 19.8 Å². The van der Waals surface area contributed by atoms with Crippen LogP contribution in [0.3, 0.4) is 0 Å². The number of fused-ring (bicyclic) bond motifs is 1. The van der Waals surface area contributed by atoms with Crippen molar-refractivity contribution in [1.29, 1.82) is 0 Å². The summed E-state index contributed by atoms with van der Waals surface area (Å²) < 4.78 is 5.37. The second-order valence-corrected chi connectivity index (χ2v) is 10.3. The molecule has 1 aliphatic heterocycles. The van der Waals surface area contributed by atoms with Gasteiger partial charge in [0.1, 0.15) is 5.75 Å². The Kier molecular flexibility index (Phi) is 8.04. The fourth-order valence-electron chi connectivity index (χ4n) is 5.18. The second kappa shape index (κ2) is 11.2. The Labute approximate surface area is 214 Å². The summed E-state index contributed by atoms with van der Waals surface area (Å²) in [6.45, 7) is 6.48. The number of carbonyl (C=O) groups is 2. The number of aryl methyl sites for hydroxylation is 2. The van der Waals surface area contributed by atoms with E-state index >= 15 is 0 Å². The third-order valence-corrected chi connectivity index (χ3v) is 7.38. The SMILES string of the molecule is COc1cc(NC(=O)C2CCC(N3Cc4c(C)cc(NCCN(C)C)cc4NC3=O)CC2)ccc1C. The highest BCUT2D eigenvalue weighted by atomic mass is 16.5. The van der Waals surface area contributed by atoms with Crippen LogP contribution in [0.1, 0.15) is 42.4 Å². The zero-order valence-corrected chi connectivity index (χ0v) is 22.1. The number of nitrogens with one attached hydrogen (secondary N) is 3. The third-order valence-electron chi connectivity index (χ3n) is 7.38. The Hall–Kier alpha value is -3.26. The van der Waals surface area contributed by atoms with Crippen molar-refractivity contribution in [1.82, 2.24) is 9.80 Å². The lowest BCUT2D eigenvalue weighted by Gasteiger charge is -2.39. The van der Waals surface area contributed by atoms with Gasteiger partial charge >= 0.3 is 6.03 Å². The van der Waals surface area contributed by atoms with Gasteiger partial charge in [-0.15, -0.1) is 0 Å². The van der Waals surface area contributed by atoms with Crippen molar-refractivity contribution >= 4 is 29.0 Å². The molecular weight excluding hydrogens is 454 g/mol. The van der Waals surface area contributed by atoms with Crippen molar-refractivity contribution in [2.24, 2.45) is 5.92 Å². The first-order valence-corrected chi connectivity index (χ1v) is 12.8. The van der Waals surface area contributed by atoms with E-state index in [1.807, 2.05) is 36.1 Å². The van der Waals surface area contributed by atoms with Gasteiger partial charge in [-0.3, -0.25) is 4.79 Å². The predicted octanol–water partition coefficient (Wildman–Crippen LogP) is 4.83. The Balaban J connectivity index is 1.34. The van der Waals surface area contributed by atoms with Crippen LogP contribution in [-0.2, 0) is 11.3 Å². The van der Waals surface area contributed by atoms with Crippen molar-refractivity contribution in [2.75, 3.05) is 50.2 Å². The topological polar surface area (TPSA) is 85.9 Å².